The van der Waals surface area contributed by atoms with Crippen molar-refractivity contribution in [1.29, 1.82) is 0 Å². The molecular weight excluding hydrogens is 284 g/mol. The average molecular weight is 314 g/mol. The first-order valence-electron chi connectivity index (χ1n) is 8.17. The lowest BCUT2D eigenvalue weighted by Gasteiger charge is -2.44. The number of hydrogen-bond acceptors (Lipinski definition) is 7. The first-order chi connectivity index (χ1) is 10.6. The lowest BCUT2D eigenvalue weighted by Crippen LogP contribution is -2.63. The van der Waals surface area contributed by atoms with Crippen LogP contribution < -0.4 is 0 Å². The van der Waals surface area contributed by atoms with E-state index in [0.29, 0.717) is 26.2 Å². The monoisotopic (exact) mass is 314 g/mol. The van der Waals surface area contributed by atoms with Gasteiger partial charge in [0.15, 0.2) is 5.78 Å². The number of piperazine rings is 2. The third kappa shape index (κ3) is 4.24. The van der Waals surface area contributed by atoms with E-state index in [9.17, 15) is 4.79 Å². The number of nitrogens with zero attached hydrogens (tertiary/aromatic N) is 4. The van der Waals surface area contributed by atoms with Gasteiger partial charge in [-0.25, -0.2) is 0 Å². The van der Waals surface area contributed by atoms with Gasteiger partial charge in [-0.2, -0.15) is 0 Å². The van der Waals surface area contributed by atoms with E-state index in [2.05, 4.69) is 19.6 Å². The van der Waals surface area contributed by atoms with Crippen LogP contribution in [0.15, 0.2) is 0 Å². The van der Waals surface area contributed by atoms with Crippen molar-refractivity contribution < 1.29 is 15.0 Å². The molecule has 2 fully saturated rings. The van der Waals surface area contributed by atoms with Gasteiger partial charge in [0.05, 0.1) is 25.3 Å². The zero-order valence-electron chi connectivity index (χ0n) is 13.8. The Morgan fingerprint density at radius 2 is 1.27 bits per heavy atom. The maximum Gasteiger partial charge on any atom is 0.169 e. The summed E-state index contributed by atoms with van der Waals surface area (Å²) in [6, 6.07) is -0.219. The van der Waals surface area contributed by atoms with E-state index < -0.39 is 0 Å². The van der Waals surface area contributed by atoms with Crippen molar-refractivity contribution in [3.05, 3.63) is 0 Å². The molecule has 2 rings (SSSR count). The molecular formula is C15H30N4O3. The van der Waals surface area contributed by atoms with Crippen LogP contribution in [0.1, 0.15) is 0 Å². The molecule has 7 nitrogen and oxygen atoms in total. The molecule has 0 aromatic rings. The maximum atomic E-state index is 13.0. The Hall–Kier alpha value is -0.570. The number of Topliss-reactive ketones (excluding diaryl/α,β-unsaturated/α-hetero) is 1. The van der Waals surface area contributed by atoms with Crippen LogP contribution in [0.25, 0.3) is 0 Å². The van der Waals surface area contributed by atoms with E-state index >= 15 is 0 Å². The minimum Gasteiger partial charge on any atom is -0.395 e. The lowest BCUT2D eigenvalue weighted by molar-refractivity contribution is -0.133. The largest absolute Gasteiger partial charge is 0.395 e. The van der Waals surface area contributed by atoms with Gasteiger partial charge in [0.25, 0.3) is 0 Å². The van der Waals surface area contributed by atoms with Gasteiger partial charge in [-0.15, -0.1) is 0 Å². The molecule has 128 valence electrons. The molecule has 2 aliphatic rings. The number of aliphatic hydroxyl groups is 2. The van der Waals surface area contributed by atoms with E-state index in [-0.39, 0.29) is 31.1 Å². The highest BCUT2D eigenvalue weighted by molar-refractivity contribution is 5.89. The summed E-state index contributed by atoms with van der Waals surface area (Å²) in [6.45, 7) is 6.44. The normalized spacial score (nSPS) is 29.8. The summed E-state index contributed by atoms with van der Waals surface area (Å²) < 4.78 is 0. The molecule has 0 saturated carbocycles. The van der Waals surface area contributed by atoms with Crippen molar-refractivity contribution in [2.45, 2.75) is 12.1 Å². The van der Waals surface area contributed by atoms with Gasteiger partial charge < -0.3 is 10.2 Å². The van der Waals surface area contributed by atoms with Crippen LogP contribution in [0.3, 0.4) is 0 Å². The van der Waals surface area contributed by atoms with Crippen LogP contribution in [0.4, 0.5) is 0 Å². The van der Waals surface area contributed by atoms with Crippen LogP contribution in [0, 0.1) is 0 Å². The first kappa shape index (κ1) is 17.8. The fraction of sp³-hybridized carbons (Fsp3) is 0.933. The summed E-state index contributed by atoms with van der Waals surface area (Å²) in [6.07, 6.45) is 0. The second-order valence-corrected chi connectivity index (χ2v) is 6.44. The summed E-state index contributed by atoms with van der Waals surface area (Å²) in [4.78, 5) is 21.6. The highest BCUT2D eigenvalue weighted by Gasteiger charge is 2.37. The molecule has 0 amide bonds. The quantitative estimate of drug-likeness (QED) is 0.575. The van der Waals surface area contributed by atoms with Crippen LogP contribution in [-0.2, 0) is 4.79 Å². The molecule has 2 saturated heterocycles. The highest BCUT2D eigenvalue weighted by Crippen LogP contribution is 2.16. The molecule has 2 heterocycles. The summed E-state index contributed by atoms with van der Waals surface area (Å²) in [7, 11) is 4.01. The van der Waals surface area contributed by atoms with E-state index in [1.165, 1.54) is 0 Å². The number of β-amino-alcohol motifs (C(OH)–C–C–N with tert-alkyl or cyclic N) is 2. The topological polar surface area (TPSA) is 70.5 Å². The third-order valence-corrected chi connectivity index (χ3v) is 4.95. The van der Waals surface area contributed by atoms with Crippen LogP contribution in [0.2, 0.25) is 0 Å². The van der Waals surface area contributed by atoms with Crippen molar-refractivity contribution >= 4 is 5.78 Å². The second kappa shape index (κ2) is 8.33. The van der Waals surface area contributed by atoms with E-state index in [1.54, 1.807) is 0 Å². The SMILES string of the molecule is CN1CCN(CCO)CC1C(=O)C1CN(CCO)CCN1C. The smallest absolute Gasteiger partial charge is 0.169 e. The lowest BCUT2D eigenvalue weighted by atomic mass is 9.98. The number of carbonyl (C=O) groups excluding carboxylic acids is 1. The molecule has 0 spiro atoms. The third-order valence-electron chi connectivity index (χ3n) is 4.95. The molecule has 2 unspecified atom stereocenters. The molecule has 0 aliphatic carbocycles. The summed E-state index contributed by atoms with van der Waals surface area (Å²) >= 11 is 0. The predicted molar refractivity (Wildman–Crippen MR) is 84.9 cm³/mol. The standard InChI is InChI=1S/C15H30N4O3/c1-16-3-5-18(7-9-20)11-13(16)15(22)14-12-19(8-10-21)6-4-17(14)2/h13-14,20-21H,3-12H2,1-2H3. The summed E-state index contributed by atoms with van der Waals surface area (Å²) in [5, 5.41) is 18.2. The molecule has 2 aliphatic heterocycles. The zero-order valence-corrected chi connectivity index (χ0v) is 13.8. The fourth-order valence-electron chi connectivity index (χ4n) is 3.39. The highest BCUT2D eigenvalue weighted by atomic mass is 16.3. The van der Waals surface area contributed by atoms with Crippen LogP contribution in [-0.4, -0.2) is 127 Å². The van der Waals surface area contributed by atoms with Gasteiger partial charge in [-0.05, 0) is 14.1 Å². The average Bonchev–Trinajstić information content (AvgIpc) is 2.51. The molecule has 0 aromatic heterocycles. The van der Waals surface area contributed by atoms with Gasteiger partial charge in [0, 0.05) is 52.4 Å². The van der Waals surface area contributed by atoms with Crippen molar-refractivity contribution in [2.24, 2.45) is 0 Å². The van der Waals surface area contributed by atoms with Gasteiger partial charge in [-0.1, -0.05) is 0 Å². The molecule has 7 heteroatoms. The summed E-state index contributed by atoms with van der Waals surface area (Å²) in [5.74, 6) is 0.260. The van der Waals surface area contributed by atoms with Crippen molar-refractivity contribution in [2.75, 3.05) is 79.7 Å². The van der Waals surface area contributed by atoms with Gasteiger partial charge in [-0.3, -0.25) is 24.4 Å². The second-order valence-electron chi connectivity index (χ2n) is 6.44. The molecule has 0 bridgehead atoms. The maximum absolute atomic E-state index is 13.0. The van der Waals surface area contributed by atoms with Crippen molar-refractivity contribution in [3.8, 4) is 0 Å². The Bertz CT molecular complexity index is 337. The van der Waals surface area contributed by atoms with E-state index in [4.69, 9.17) is 10.2 Å². The minimum absolute atomic E-state index is 0.109. The van der Waals surface area contributed by atoms with Crippen LogP contribution >= 0.6 is 0 Å². The van der Waals surface area contributed by atoms with Gasteiger partial charge in [0.1, 0.15) is 0 Å². The van der Waals surface area contributed by atoms with Gasteiger partial charge >= 0.3 is 0 Å². The number of hydrogen-bond donors (Lipinski definition) is 2. The number of ketones is 1. The number of carbonyl (C=O) groups is 1. The zero-order chi connectivity index (χ0) is 16.1. The van der Waals surface area contributed by atoms with E-state index in [0.717, 1.165) is 26.2 Å². The fourth-order valence-corrected chi connectivity index (χ4v) is 3.39. The Labute approximate surface area is 133 Å². The number of rotatable bonds is 6. The predicted octanol–water partition coefficient (Wildman–Crippen LogP) is -2.23. The molecule has 2 N–H and O–H groups in total. The van der Waals surface area contributed by atoms with Crippen molar-refractivity contribution in [1.82, 2.24) is 19.6 Å². The Morgan fingerprint density at radius 1 is 0.864 bits per heavy atom. The Balaban J connectivity index is 2.00. The number of likely N-dealkylation sites (N-methyl/N-ethyl adjacent to an activating group) is 2. The minimum atomic E-state index is -0.109. The molecule has 0 radical (unpaired) electrons. The Kier molecular flexibility index (Phi) is 6.73. The van der Waals surface area contributed by atoms with Gasteiger partial charge in [0.2, 0.25) is 0 Å². The number of aliphatic hydroxyl groups excluding tert-OH is 2. The first-order valence-corrected chi connectivity index (χ1v) is 8.17. The van der Waals surface area contributed by atoms with E-state index in [1.807, 2.05) is 14.1 Å². The molecule has 2 atom stereocenters. The summed E-state index contributed by atoms with van der Waals surface area (Å²) in [5.41, 5.74) is 0. The van der Waals surface area contributed by atoms with Crippen molar-refractivity contribution in [3.63, 3.8) is 0 Å². The molecule has 0 aromatic carbocycles. The Morgan fingerprint density at radius 3 is 1.64 bits per heavy atom. The van der Waals surface area contributed by atoms with Crippen LogP contribution in [0.5, 0.6) is 0 Å². The molecule has 22 heavy (non-hydrogen) atoms.